The quantitative estimate of drug-likeness (QED) is 0.418. The molecule has 176 valence electrons. The third-order valence-corrected chi connectivity index (χ3v) is 7.65. The van der Waals surface area contributed by atoms with E-state index in [2.05, 4.69) is 15.3 Å². The van der Waals surface area contributed by atoms with Crippen LogP contribution in [0.4, 0.5) is 5.69 Å². The summed E-state index contributed by atoms with van der Waals surface area (Å²) in [5, 5.41) is 3.81. The molecule has 2 aromatic heterocycles. The van der Waals surface area contributed by atoms with E-state index in [1.807, 2.05) is 0 Å². The molecule has 0 saturated heterocycles. The van der Waals surface area contributed by atoms with Gasteiger partial charge in [-0.05, 0) is 42.5 Å². The molecule has 0 aliphatic rings. The van der Waals surface area contributed by atoms with Crippen molar-refractivity contribution >= 4 is 43.4 Å². The van der Waals surface area contributed by atoms with Crippen LogP contribution in [0.1, 0.15) is 24.2 Å². The average Bonchev–Trinajstić information content (AvgIpc) is 2.84. The molecule has 2 aromatic carbocycles. The molecule has 0 spiro atoms. The van der Waals surface area contributed by atoms with Crippen LogP contribution in [0, 0.1) is 0 Å². The number of amides is 1. The summed E-state index contributed by atoms with van der Waals surface area (Å²) in [4.78, 5) is 32.6. The lowest BCUT2D eigenvalue weighted by atomic mass is 10.1. The number of H-pyrrole nitrogens is 1. The summed E-state index contributed by atoms with van der Waals surface area (Å²) in [6.45, 7) is 4.14. The van der Waals surface area contributed by atoms with E-state index in [1.165, 1.54) is 29.6 Å². The number of ether oxygens (including phenoxy) is 1. The summed E-state index contributed by atoms with van der Waals surface area (Å²) < 4.78 is 32.7. The van der Waals surface area contributed by atoms with Crippen LogP contribution in [0.3, 0.4) is 0 Å². The lowest BCUT2D eigenvalue weighted by molar-refractivity contribution is 0.102. The highest BCUT2D eigenvalue weighted by molar-refractivity contribution is 7.89. The molecule has 1 amide bonds. The second kappa shape index (κ2) is 9.24. The number of anilines is 1. The van der Waals surface area contributed by atoms with Gasteiger partial charge in [-0.2, -0.15) is 4.31 Å². The van der Waals surface area contributed by atoms with E-state index in [9.17, 15) is 18.0 Å². The summed E-state index contributed by atoms with van der Waals surface area (Å²) in [6, 6.07) is 12.4. The predicted molar refractivity (Wildman–Crippen MR) is 131 cm³/mol. The van der Waals surface area contributed by atoms with Gasteiger partial charge in [0.2, 0.25) is 15.6 Å². The van der Waals surface area contributed by atoms with Crippen LogP contribution in [-0.4, -0.2) is 48.8 Å². The standard InChI is InChI=1S/C24H24N4O5S/c1-4-28(5-2)34(31,32)15-8-9-20-17(13-15)18(14-22(29)26-20)24(30)27-19-10-11-21(33-3)23-16(19)7-6-12-25-23/h6-14H,4-5H2,1-3H3,(H,26,29)(H,27,30). The van der Waals surface area contributed by atoms with Gasteiger partial charge in [-0.25, -0.2) is 8.42 Å². The fourth-order valence-electron chi connectivity index (χ4n) is 3.90. The third kappa shape index (κ3) is 4.13. The molecule has 0 aliphatic heterocycles. The van der Waals surface area contributed by atoms with Crippen molar-refractivity contribution < 1.29 is 17.9 Å². The second-order valence-corrected chi connectivity index (χ2v) is 9.45. The summed E-state index contributed by atoms with van der Waals surface area (Å²) in [5.74, 6) is 0.00487. The summed E-state index contributed by atoms with van der Waals surface area (Å²) in [5.41, 5.74) is 0.999. The first-order valence-corrected chi connectivity index (χ1v) is 12.1. The smallest absolute Gasteiger partial charge is 0.256 e. The number of hydrogen-bond donors (Lipinski definition) is 2. The first kappa shape index (κ1) is 23.4. The van der Waals surface area contributed by atoms with Crippen LogP contribution in [0.15, 0.2) is 64.4 Å². The molecule has 0 bridgehead atoms. The van der Waals surface area contributed by atoms with Crippen LogP contribution in [0.25, 0.3) is 21.8 Å². The van der Waals surface area contributed by atoms with Gasteiger partial charge in [-0.15, -0.1) is 0 Å². The van der Waals surface area contributed by atoms with E-state index >= 15 is 0 Å². The van der Waals surface area contributed by atoms with E-state index in [0.29, 0.717) is 46.3 Å². The highest BCUT2D eigenvalue weighted by Crippen LogP contribution is 2.30. The van der Waals surface area contributed by atoms with Gasteiger partial charge >= 0.3 is 0 Å². The second-order valence-electron chi connectivity index (χ2n) is 7.51. The molecule has 10 heteroatoms. The van der Waals surface area contributed by atoms with E-state index in [1.54, 1.807) is 44.3 Å². The van der Waals surface area contributed by atoms with Crippen molar-refractivity contribution in [2.45, 2.75) is 18.7 Å². The minimum Gasteiger partial charge on any atom is -0.494 e. The van der Waals surface area contributed by atoms with Crippen molar-refractivity contribution in [1.29, 1.82) is 0 Å². The molecule has 9 nitrogen and oxygen atoms in total. The summed E-state index contributed by atoms with van der Waals surface area (Å²) >= 11 is 0. The lowest BCUT2D eigenvalue weighted by Crippen LogP contribution is -2.30. The molecule has 4 aromatic rings. The Labute approximate surface area is 196 Å². The Hall–Kier alpha value is -3.76. The monoisotopic (exact) mass is 480 g/mol. The molecule has 0 aliphatic carbocycles. The highest BCUT2D eigenvalue weighted by Gasteiger charge is 2.23. The number of methoxy groups -OCH3 is 1. The van der Waals surface area contributed by atoms with Crippen molar-refractivity contribution in [2.75, 3.05) is 25.5 Å². The fourth-order valence-corrected chi connectivity index (χ4v) is 5.39. The number of sulfonamides is 1. The van der Waals surface area contributed by atoms with Crippen molar-refractivity contribution in [1.82, 2.24) is 14.3 Å². The Morgan fingerprint density at radius 2 is 1.85 bits per heavy atom. The molecule has 34 heavy (non-hydrogen) atoms. The maximum Gasteiger partial charge on any atom is 0.256 e. The molecule has 0 radical (unpaired) electrons. The Balaban J connectivity index is 1.82. The number of carbonyl (C=O) groups is 1. The number of rotatable bonds is 7. The largest absolute Gasteiger partial charge is 0.494 e. The normalized spacial score (nSPS) is 11.8. The van der Waals surface area contributed by atoms with Gasteiger partial charge < -0.3 is 15.0 Å². The van der Waals surface area contributed by atoms with Gasteiger partial charge in [0.05, 0.1) is 23.3 Å². The van der Waals surface area contributed by atoms with Crippen LogP contribution >= 0.6 is 0 Å². The van der Waals surface area contributed by atoms with Crippen LogP contribution in [-0.2, 0) is 10.0 Å². The van der Waals surface area contributed by atoms with Gasteiger partial charge in [-0.3, -0.25) is 14.6 Å². The van der Waals surface area contributed by atoms with E-state index in [-0.39, 0.29) is 10.5 Å². The number of nitrogens with zero attached hydrogens (tertiary/aromatic N) is 2. The van der Waals surface area contributed by atoms with Gasteiger partial charge in [-0.1, -0.05) is 13.8 Å². The SMILES string of the molecule is CCN(CC)S(=O)(=O)c1ccc2[nH]c(=O)cc(C(=O)Nc3ccc(OC)c4ncccc34)c2c1. The summed E-state index contributed by atoms with van der Waals surface area (Å²) in [7, 11) is -2.22. The zero-order valence-corrected chi connectivity index (χ0v) is 19.8. The van der Waals surface area contributed by atoms with Crippen molar-refractivity contribution in [3.05, 3.63) is 70.6 Å². The predicted octanol–water partition coefficient (Wildman–Crippen LogP) is 3.37. The molecule has 4 rings (SSSR count). The van der Waals surface area contributed by atoms with Crippen molar-refractivity contribution in [2.24, 2.45) is 0 Å². The van der Waals surface area contributed by atoms with Crippen LogP contribution in [0.2, 0.25) is 0 Å². The zero-order chi connectivity index (χ0) is 24.5. The molecule has 2 N–H and O–H groups in total. The van der Waals surface area contributed by atoms with Gasteiger partial charge in [0.15, 0.2) is 0 Å². The third-order valence-electron chi connectivity index (χ3n) is 5.60. The Kier molecular flexibility index (Phi) is 6.36. The number of carbonyl (C=O) groups excluding carboxylic acids is 1. The lowest BCUT2D eigenvalue weighted by Gasteiger charge is -2.19. The van der Waals surface area contributed by atoms with E-state index < -0.39 is 21.5 Å². The Morgan fingerprint density at radius 3 is 2.56 bits per heavy atom. The molecule has 2 heterocycles. The minimum absolute atomic E-state index is 0.0453. The molecule has 0 fully saturated rings. The van der Waals surface area contributed by atoms with Gasteiger partial charge in [0, 0.05) is 41.6 Å². The van der Waals surface area contributed by atoms with Gasteiger partial charge in [0.25, 0.3) is 5.91 Å². The number of fused-ring (bicyclic) bond motifs is 2. The first-order valence-electron chi connectivity index (χ1n) is 10.7. The molecule has 0 atom stereocenters. The van der Waals surface area contributed by atoms with E-state index in [0.717, 1.165) is 6.07 Å². The zero-order valence-electron chi connectivity index (χ0n) is 19.0. The maximum absolute atomic E-state index is 13.3. The number of nitrogens with one attached hydrogen (secondary N) is 2. The first-order chi connectivity index (χ1) is 16.3. The van der Waals surface area contributed by atoms with Crippen LogP contribution < -0.4 is 15.6 Å². The topological polar surface area (TPSA) is 121 Å². The minimum atomic E-state index is -3.75. The number of pyridine rings is 2. The molecular formula is C24H24N4O5S. The fraction of sp³-hybridized carbons (Fsp3) is 0.208. The molecule has 0 unspecified atom stereocenters. The number of benzene rings is 2. The van der Waals surface area contributed by atoms with Gasteiger partial charge in [0.1, 0.15) is 11.3 Å². The Morgan fingerprint density at radius 1 is 1.09 bits per heavy atom. The van der Waals surface area contributed by atoms with Crippen molar-refractivity contribution in [3.8, 4) is 5.75 Å². The highest BCUT2D eigenvalue weighted by atomic mass is 32.2. The number of aromatic amines is 1. The van der Waals surface area contributed by atoms with E-state index in [4.69, 9.17) is 4.74 Å². The number of aromatic nitrogens is 2. The van der Waals surface area contributed by atoms with Crippen molar-refractivity contribution in [3.63, 3.8) is 0 Å². The molecule has 0 saturated carbocycles. The Bertz CT molecular complexity index is 1560. The maximum atomic E-state index is 13.3. The van der Waals surface area contributed by atoms with Crippen LogP contribution in [0.5, 0.6) is 5.75 Å². The molecular weight excluding hydrogens is 456 g/mol. The number of hydrogen-bond acceptors (Lipinski definition) is 6. The average molecular weight is 481 g/mol. The summed E-state index contributed by atoms with van der Waals surface area (Å²) in [6.07, 6.45) is 1.62.